The Hall–Kier alpha value is -0.890. The van der Waals surface area contributed by atoms with Crippen molar-refractivity contribution in [3.05, 3.63) is 28.5 Å². The molecule has 1 fully saturated rings. The number of hydrogen-bond acceptors (Lipinski definition) is 5. The van der Waals surface area contributed by atoms with Gasteiger partial charge >= 0.3 is 0 Å². The average molecular weight is 319 g/mol. The lowest BCUT2D eigenvalue weighted by Crippen LogP contribution is -2.33. The summed E-state index contributed by atoms with van der Waals surface area (Å²) in [5.41, 5.74) is 1.21. The molecule has 1 aromatic heterocycles. The van der Waals surface area contributed by atoms with Crippen molar-refractivity contribution in [1.29, 1.82) is 0 Å². The van der Waals surface area contributed by atoms with Gasteiger partial charge in [-0.05, 0) is 12.1 Å². The molecule has 1 saturated heterocycles. The number of rotatable bonds is 2. The zero-order valence-corrected chi connectivity index (χ0v) is 11.7. The van der Waals surface area contributed by atoms with E-state index in [0.717, 1.165) is 0 Å². The second-order valence-corrected chi connectivity index (χ2v) is 5.45. The molecule has 108 valence electrons. The van der Waals surface area contributed by atoms with Gasteiger partial charge in [0.2, 0.25) is 0 Å². The number of aliphatic hydroxyl groups excluding tert-OH is 3. The molecule has 2 aromatic rings. The summed E-state index contributed by atoms with van der Waals surface area (Å²) in [6.07, 6.45) is -2.54. The van der Waals surface area contributed by atoms with Crippen molar-refractivity contribution < 1.29 is 20.1 Å². The lowest BCUT2D eigenvalue weighted by molar-refractivity contribution is -0.0508. The minimum atomic E-state index is -1.17. The summed E-state index contributed by atoms with van der Waals surface area (Å²) in [5.74, 6) is 0. The van der Waals surface area contributed by atoms with Crippen LogP contribution in [-0.4, -0.2) is 49.8 Å². The lowest BCUT2D eigenvalue weighted by atomic mass is 10.1. The minimum Gasteiger partial charge on any atom is -0.394 e. The molecule has 0 amide bonds. The third-order valence-corrected chi connectivity index (χ3v) is 4.13. The zero-order chi connectivity index (χ0) is 14.4. The van der Waals surface area contributed by atoms with Gasteiger partial charge in [0.25, 0.3) is 0 Å². The molecule has 6 nitrogen and oxygen atoms in total. The summed E-state index contributed by atoms with van der Waals surface area (Å²) in [6, 6.07) is 3.22. The van der Waals surface area contributed by atoms with Crippen LogP contribution in [0.1, 0.15) is 6.23 Å². The second-order valence-electron chi connectivity index (χ2n) is 4.64. The summed E-state index contributed by atoms with van der Waals surface area (Å²) >= 11 is 11.9. The fourth-order valence-electron chi connectivity index (χ4n) is 2.34. The van der Waals surface area contributed by atoms with Gasteiger partial charge in [0, 0.05) is 0 Å². The Morgan fingerprint density at radius 2 is 1.90 bits per heavy atom. The van der Waals surface area contributed by atoms with Crippen molar-refractivity contribution in [2.75, 3.05) is 6.61 Å². The summed E-state index contributed by atoms with van der Waals surface area (Å²) < 4.78 is 7.01. The van der Waals surface area contributed by atoms with Crippen LogP contribution in [0.5, 0.6) is 0 Å². The first-order valence-electron chi connectivity index (χ1n) is 5.97. The topological polar surface area (TPSA) is 87.7 Å². The molecule has 0 spiro atoms. The smallest absolute Gasteiger partial charge is 0.164 e. The number of fused-ring (bicyclic) bond motifs is 1. The Balaban J connectivity index is 2.05. The predicted octanol–water partition coefficient (Wildman–Crippen LogP) is 0.955. The summed E-state index contributed by atoms with van der Waals surface area (Å²) in [6.45, 7) is -0.381. The quantitative estimate of drug-likeness (QED) is 0.767. The van der Waals surface area contributed by atoms with Crippen LogP contribution < -0.4 is 0 Å². The van der Waals surface area contributed by atoms with Crippen molar-refractivity contribution in [1.82, 2.24) is 9.55 Å². The van der Waals surface area contributed by atoms with Crippen molar-refractivity contribution in [2.24, 2.45) is 0 Å². The maximum absolute atomic E-state index is 10.0. The molecule has 4 atom stereocenters. The van der Waals surface area contributed by atoms with E-state index in [1.165, 1.54) is 6.33 Å². The standard InChI is InChI=1S/C12H12Cl2N2O4/c13-5-1-7-8(2-6(5)14)16(4-15-7)12-11(19)10(18)9(3-17)20-12/h1-2,4,9-12,17-19H,3H2/t9-,10+,11-,12+/m0/s1. The maximum atomic E-state index is 10.0. The lowest BCUT2D eigenvalue weighted by Gasteiger charge is -2.17. The van der Waals surface area contributed by atoms with Crippen LogP contribution in [0.2, 0.25) is 10.0 Å². The Bertz CT molecular complexity index is 648. The van der Waals surface area contributed by atoms with Crippen molar-refractivity contribution >= 4 is 34.2 Å². The zero-order valence-electron chi connectivity index (χ0n) is 10.1. The van der Waals surface area contributed by atoms with Gasteiger partial charge in [0.15, 0.2) is 6.23 Å². The van der Waals surface area contributed by atoms with Crippen LogP contribution >= 0.6 is 23.2 Å². The van der Waals surface area contributed by atoms with Crippen molar-refractivity contribution in [3.8, 4) is 0 Å². The van der Waals surface area contributed by atoms with Gasteiger partial charge in [0.1, 0.15) is 18.3 Å². The van der Waals surface area contributed by atoms with Gasteiger partial charge in [-0.25, -0.2) is 4.98 Å². The monoisotopic (exact) mass is 318 g/mol. The third-order valence-electron chi connectivity index (χ3n) is 3.41. The number of imidazole rings is 1. The highest BCUT2D eigenvalue weighted by molar-refractivity contribution is 6.42. The van der Waals surface area contributed by atoms with Gasteiger partial charge in [-0.2, -0.15) is 0 Å². The molecule has 0 unspecified atom stereocenters. The Morgan fingerprint density at radius 1 is 1.20 bits per heavy atom. The molecule has 20 heavy (non-hydrogen) atoms. The molecule has 1 aliphatic rings. The Kier molecular flexibility index (Phi) is 3.62. The van der Waals surface area contributed by atoms with Crippen LogP contribution in [0.15, 0.2) is 18.5 Å². The molecule has 1 aromatic carbocycles. The molecule has 3 N–H and O–H groups in total. The van der Waals surface area contributed by atoms with Gasteiger partial charge in [-0.15, -0.1) is 0 Å². The summed E-state index contributed by atoms with van der Waals surface area (Å²) in [5, 5.41) is 29.6. The number of nitrogens with zero attached hydrogens (tertiary/aromatic N) is 2. The molecule has 3 rings (SSSR count). The number of hydrogen-bond donors (Lipinski definition) is 3. The third kappa shape index (κ3) is 2.09. The highest BCUT2D eigenvalue weighted by Gasteiger charge is 2.43. The molecule has 8 heteroatoms. The molecular formula is C12H12Cl2N2O4. The van der Waals surface area contributed by atoms with E-state index >= 15 is 0 Å². The summed E-state index contributed by atoms with van der Waals surface area (Å²) in [7, 11) is 0. The molecule has 0 radical (unpaired) electrons. The van der Waals surface area contributed by atoms with Crippen LogP contribution in [0.25, 0.3) is 11.0 Å². The van der Waals surface area contributed by atoms with Crippen LogP contribution in [0, 0.1) is 0 Å². The fourth-order valence-corrected chi connectivity index (χ4v) is 2.65. The normalized spacial score (nSPS) is 30.2. The Morgan fingerprint density at radius 3 is 2.55 bits per heavy atom. The number of aromatic nitrogens is 2. The van der Waals surface area contributed by atoms with E-state index in [2.05, 4.69) is 4.98 Å². The van der Waals surface area contributed by atoms with Crippen LogP contribution in [0.4, 0.5) is 0 Å². The molecular weight excluding hydrogens is 307 g/mol. The molecule has 0 bridgehead atoms. The van der Waals surface area contributed by atoms with Crippen molar-refractivity contribution in [2.45, 2.75) is 24.5 Å². The van der Waals surface area contributed by atoms with E-state index in [4.69, 9.17) is 33.0 Å². The van der Waals surface area contributed by atoms with Crippen LogP contribution in [-0.2, 0) is 4.74 Å². The highest BCUT2D eigenvalue weighted by atomic mass is 35.5. The SMILES string of the molecule is OC[C@@H]1O[C@@H](n2cnc3cc(Cl)c(Cl)cc32)[C@@H](O)[C@@H]1O. The number of halogens is 2. The van der Waals surface area contributed by atoms with Gasteiger partial charge in [-0.3, -0.25) is 0 Å². The second kappa shape index (κ2) is 5.14. The fraction of sp³-hybridized carbons (Fsp3) is 0.417. The van der Waals surface area contributed by atoms with E-state index in [9.17, 15) is 10.2 Å². The van der Waals surface area contributed by atoms with E-state index in [0.29, 0.717) is 21.1 Å². The van der Waals surface area contributed by atoms with E-state index < -0.39 is 24.5 Å². The average Bonchev–Trinajstić information content (AvgIpc) is 2.94. The van der Waals surface area contributed by atoms with Gasteiger partial charge in [-0.1, -0.05) is 23.2 Å². The van der Waals surface area contributed by atoms with Crippen LogP contribution in [0.3, 0.4) is 0 Å². The minimum absolute atomic E-state index is 0.354. The van der Waals surface area contributed by atoms with E-state index in [1.807, 2.05) is 0 Å². The van der Waals surface area contributed by atoms with Gasteiger partial charge < -0.3 is 24.6 Å². The first-order chi connectivity index (χ1) is 9.52. The molecule has 1 aliphatic heterocycles. The molecule has 2 heterocycles. The largest absolute Gasteiger partial charge is 0.394 e. The maximum Gasteiger partial charge on any atom is 0.164 e. The van der Waals surface area contributed by atoms with Gasteiger partial charge in [0.05, 0.1) is 34.0 Å². The first kappa shape index (κ1) is 14.1. The summed E-state index contributed by atoms with van der Waals surface area (Å²) in [4.78, 5) is 4.16. The first-order valence-corrected chi connectivity index (χ1v) is 6.72. The molecule has 0 aliphatic carbocycles. The van der Waals surface area contributed by atoms with E-state index in [-0.39, 0.29) is 6.61 Å². The predicted molar refractivity (Wildman–Crippen MR) is 72.8 cm³/mol. The number of aliphatic hydroxyl groups is 3. The highest BCUT2D eigenvalue weighted by Crippen LogP contribution is 2.34. The Labute approximate surface area is 124 Å². The van der Waals surface area contributed by atoms with E-state index in [1.54, 1.807) is 16.7 Å². The molecule has 0 saturated carbocycles. The van der Waals surface area contributed by atoms with Crippen molar-refractivity contribution in [3.63, 3.8) is 0 Å². The number of benzene rings is 1. The number of ether oxygens (including phenoxy) is 1.